The van der Waals surface area contributed by atoms with Gasteiger partial charge in [-0.15, -0.1) is 0 Å². The highest BCUT2D eigenvalue weighted by molar-refractivity contribution is 7.92. The first kappa shape index (κ1) is 17.4. The third-order valence-corrected chi connectivity index (χ3v) is 6.37. The second-order valence-electron chi connectivity index (χ2n) is 5.29. The highest BCUT2D eigenvalue weighted by Gasteiger charge is 2.33. The zero-order valence-electron chi connectivity index (χ0n) is 12.7. The predicted molar refractivity (Wildman–Crippen MR) is 88.7 cm³/mol. The standard InChI is InChI=1S/C16H11ClFNO5S/c1-8(16(20)21)25(22,23)12-7-6-10-14(19-24-15(10)13(12)17)9-4-2-3-5-11(9)18/h2-8H,1H3,(H,20,21). The number of sulfone groups is 1. The van der Waals surface area contributed by atoms with Gasteiger partial charge in [0.25, 0.3) is 0 Å². The summed E-state index contributed by atoms with van der Waals surface area (Å²) in [5.41, 5.74) is 0.288. The normalized spacial score (nSPS) is 13.1. The van der Waals surface area contributed by atoms with Crippen molar-refractivity contribution in [1.82, 2.24) is 5.16 Å². The number of benzene rings is 2. The van der Waals surface area contributed by atoms with Crippen LogP contribution in [0.15, 0.2) is 45.8 Å². The second-order valence-corrected chi connectivity index (χ2v) is 7.91. The molecule has 1 aromatic heterocycles. The number of carbonyl (C=O) groups is 1. The fourth-order valence-electron chi connectivity index (χ4n) is 2.34. The maximum atomic E-state index is 14.0. The molecule has 0 aliphatic carbocycles. The molecule has 0 saturated heterocycles. The van der Waals surface area contributed by atoms with Crippen LogP contribution < -0.4 is 0 Å². The van der Waals surface area contributed by atoms with Gasteiger partial charge in [0, 0.05) is 5.56 Å². The summed E-state index contributed by atoms with van der Waals surface area (Å²) in [6, 6.07) is 8.42. The highest BCUT2D eigenvalue weighted by Crippen LogP contribution is 2.37. The quantitative estimate of drug-likeness (QED) is 0.740. The van der Waals surface area contributed by atoms with Gasteiger partial charge in [-0.25, -0.2) is 12.8 Å². The smallest absolute Gasteiger partial charge is 0.321 e. The SMILES string of the molecule is CC(C(=O)O)S(=O)(=O)c1ccc2c(-c3ccccc3F)noc2c1Cl. The molecule has 0 amide bonds. The van der Waals surface area contributed by atoms with E-state index in [1.54, 1.807) is 6.07 Å². The Morgan fingerprint density at radius 2 is 1.96 bits per heavy atom. The molecule has 25 heavy (non-hydrogen) atoms. The van der Waals surface area contributed by atoms with Crippen molar-refractivity contribution < 1.29 is 27.2 Å². The van der Waals surface area contributed by atoms with Gasteiger partial charge in [-0.05, 0) is 31.2 Å². The van der Waals surface area contributed by atoms with Gasteiger partial charge < -0.3 is 9.63 Å². The van der Waals surface area contributed by atoms with Gasteiger partial charge >= 0.3 is 5.97 Å². The Morgan fingerprint density at radius 1 is 1.28 bits per heavy atom. The first-order valence-electron chi connectivity index (χ1n) is 7.04. The van der Waals surface area contributed by atoms with Crippen LogP contribution in [0.25, 0.3) is 22.2 Å². The Balaban J connectivity index is 2.22. The van der Waals surface area contributed by atoms with Crippen LogP contribution in [0.1, 0.15) is 6.92 Å². The van der Waals surface area contributed by atoms with Crippen molar-refractivity contribution >= 4 is 38.4 Å². The molecule has 6 nitrogen and oxygen atoms in total. The number of carboxylic acid groups (broad SMARTS) is 1. The molecule has 1 unspecified atom stereocenters. The molecule has 1 heterocycles. The van der Waals surface area contributed by atoms with E-state index < -0.39 is 26.9 Å². The molecule has 0 saturated carbocycles. The van der Waals surface area contributed by atoms with E-state index in [9.17, 15) is 17.6 Å². The molecule has 1 N–H and O–H groups in total. The summed E-state index contributed by atoms with van der Waals surface area (Å²) >= 11 is 6.12. The summed E-state index contributed by atoms with van der Waals surface area (Å²) in [4.78, 5) is 10.6. The first-order chi connectivity index (χ1) is 11.7. The lowest BCUT2D eigenvalue weighted by molar-refractivity contribution is -0.136. The molecule has 1 atom stereocenters. The first-order valence-corrected chi connectivity index (χ1v) is 8.97. The van der Waals surface area contributed by atoms with Crippen LogP contribution in [0, 0.1) is 5.82 Å². The van der Waals surface area contributed by atoms with Gasteiger partial charge in [0.2, 0.25) is 0 Å². The number of fused-ring (bicyclic) bond motifs is 1. The van der Waals surface area contributed by atoms with E-state index in [2.05, 4.69) is 5.16 Å². The summed E-state index contributed by atoms with van der Waals surface area (Å²) in [6.07, 6.45) is 0. The number of rotatable bonds is 4. The molecule has 0 radical (unpaired) electrons. The van der Waals surface area contributed by atoms with Crippen LogP contribution in [0.5, 0.6) is 0 Å². The lowest BCUT2D eigenvalue weighted by Gasteiger charge is -2.10. The van der Waals surface area contributed by atoms with Crippen LogP contribution in [-0.4, -0.2) is 29.9 Å². The van der Waals surface area contributed by atoms with Crippen molar-refractivity contribution in [2.24, 2.45) is 0 Å². The van der Waals surface area contributed by atoms with Gasteiger partial charge in [-0.3, -0.25) is 4.79 Å². The largest absolute Gasteiger partial charge is 0.480 e. The van der Waals surface area contributed by atoms with Crippen LogP contribution in [-0.2, 0) is 14.6 Å². The van der Waals surface area contributed by atoms with Gasteiger partial charge in [0.1, 0.15) is 16.5 Å². The van der Waals surface area contributed by atoms with Crippen LogP contribution >= 0.6 is 11.6 Å². The number of nitrogens with zero attached hydrogens (tertiary/aromatic N) is 1. The molecular weight excluding hydrogens is 373 g/mol. The van der Waals surface area contributed by atoms with E-state index in [4.69, 9.17) is 21.2 Å². The fourth-order valence-corrected chi connectivity index (χ4v) is 4.11. The number of hydrogen-bond acceptors (Lipinski definition) is 5. The Labute approximate surface area is 146 Å². The summed E-state index contributed by atoms with van der Waals surface area (Å²) in [5.74, 6) is -2.02. The fraction of sp³-hybridized carbons (Fsp3) is 0.125. The number of aromatic nitrogens is 1. The number of aliphatic carboxylic acids is 1. The zero-order valence-corrected chi connectivity index (χ0v) is 14.3. The van der Waals surface area contributed by atoms with Gasteiger partial charge in [-0.1, -0.05) is 28.9 Å². The molecule has 130 valence electrons. The van der Waals surface area contributed by atoms with Crippen LogP contribution in [0.3, 0.4) is 0 Å². The average Bonchev–Trinajstić information content (AvgIpc) is 2.99. The van der Waals surface area contributed by atoms with Gasteiger partial charge in [0.15, 0.2) is 20.7 Å². The van der Waals surface area contributed by atoms with Gasteiger partial charge in [0.05, 0.1) is 10.3 Å². The lowest BCUT2D eigenvalue weighted by Crippen LogP contribution is -2.27. The Morgan fingerprint density at radius 3 is 2.60 bits per heavy atom. The molecule has 9 heteroatoms. The van der Waals surface area contributed by atoms with Crippen LogP contribution in [0.4, 0.5) is 4.39 Å². The van der Waals surface area contributed by atoms with Crippen molar-refractivity contribution in [2.45, 2.75) is 17.1 Å². The number of hydrogen-bond donors (Lipinski definition) is 1. The van der Waals surface area contributed by atoms with E-state index in [1.807, 2.05) is 0 Å². The molecule has 3 aromatic rings. The summed E-state index contributed by atoms with van der Waals surface area (Å²) in [7, 11) is -4.22. The Hall–Kier alpha value is -2.45. The van der Waals surface area contributed by atoms with Crippen molar-refractivity contribution in [3.63, 3.8) is 0 Å². The molecular formula is C16H11ClFNO5S. The van der Waals surface area contributed by atoms with E-state index in [1.165, 1.54) is 30.3 Å². The molecule has 3 rings (SSSR count). The molecule has 0 spiro atoms. The summed E-state index contributed by atoms with van der Waals surface area (Å²) in [6.45, 7) is 1.04. The number of halogens is 2. The minimum Gasteiger partial charge on any atom is -0.480 e. The maximum Gasteiger partial charge on any atom is 0.321 e. The third-order valence-electron chi connectivity index (χ3n) is 3.79. The second kappa shape index (κ2) is 6.12. The van der Waals surface area contributed by atoms with E-state index in [-0.39, 0.29) is 26.8 Å². The topological polar surface area (TPSA) is 97.5 Å². The molecule has 0 fully saturated rings. The minimum atomic E-state index is -4.22. The molecule has 0 bridgehead atoms. The van der Waals surface area contributed by atoms with Crippen molar-refractivity contribution in [3.8, 4) is 11.3 Å². The monoisotopic (exact) mass is 383 g/mol. The van der Waals surface area contributed by atoms with Crippen molar-refractivity contribution in [3.05, 3.63) is 47.2 Å². The maximum absolute atomic E-state index is 14.0. The van der Waals surface area contributed by atoms with Crippen molar-refractivity contribution in [2.75, 3.05) is 0 Å². The number of carboxylic acids is 1. The van der Waals surface area contributed by atoms with Crippen LogP contribution in [0.2, 0.25) is 5.02 Å². The average molecular weight is 384 g/mol. The molecule has 0 aliphatic heterocycles. The third kappa shape index (κ3) is 2.77. The Kier molecular flexibility index (Phi) is 4.26. The van der Waals surface area contributed by atoms with E-state index in [0.29, 0.717) is 5.39 Å². The minimum absolute atomic E-state index is 0.0569. The van der Waals surface area contributed by atoms with Crippen molar-refractivity contribution in [1.29, 1.82) is 0 Å². The molecule has 0 aliphatic rings. The van der Waals surface area contributed by atoms with E-state index >= 15 is 0 Å². The zero-order chi connectivity index (χ0) is 18.4. The molecule has 2 aromatic carbocycles. The Bertz CT molecular complexity index is 1090. The lowest BCUT2D eigenvalue weighted by atomic mass is 10.1. The van der Waals surface area contributed by atoms with E-state index in [0.717, 1.165) is 6.92 Å². The van der Waals surface area contributed by atoms with Gasteiger partial charge in [-0.2, -0.15) is 0 Å². The predicted octanol–water partition coefficient (Wildman–Crippen LogP) is 3.53. The summed E-state index contributed by atoms with van der Waals surface area (Å²) in [5, 5.41) is 11.1. The summed E-state index contributed by atoms with van der Waals surface area (Å²) < 4.78 is 43.8. The highest BCUT2D eigenvalue weighted by atomic mass is 35.5.